The van der Waals surface area contributed by atoms with Gasteiger partial charge in [-0.1, -0.05) is 12.1 Å². The van der Waals surface area contributed by atoms with Crippen molar-refractivity contribution in [2.24, 2.45) is 0 Å². The quantitative estimate of drug-likeness (QED) is 0.0713. The summed E-state index contributed by atoms with van der Waals surface area (Å²) in [5.41, 5.74) is 4.09. The van der Waals surface area contributed by atoms with Crippen molar-refractivity contribution < 1.29 is 79.3 Å². The topological polar surface area (TPSA) is 292 Å². The summed E-state index contributed by atoms with van der Waals surface area (Å²) in [6.45, 7) is 0. The molecule has 42 heavy (non-hydrogen) atoms. The normalized spacial score (nSPS) is 14.7. The molecule has 2 amide bonds. The zero-order chi connectivity index (χ0) is 33.1. The number of carbonyl (C=O) groups is 4. The van der Waals surface area contributed by atoms with Gasteiger partial charge in [-0.15, -0.1) is 0 Å². The Morgan fingerprint density at radius 2 is 1.33 bits per heavy atom. The molecule has 0 unspecified atom stereocenters. The number of alkyl halides is 3. The molecule has 0 bridgehead atoms. The van der Waals surface area contributed by atoms with Crippen LogP contribution >= 0.6 is 12.6 Å². The fraction of sp³-hybridized carbons (Fsp3) is 0.500. The van der Waals surface area contributed by atoms with Crippen LogP contribution in [-0.4, -0.2) is 101 Å². The monoisotopic (exact) mass is 671 g/mol. The van der Waals surface area contributed by atoms with Crippen molar-refractivity contribution in [3.63, 3.8) is 0 Å². The van der Waals surface area contributed by atoms with Gasteiger partial charge in [0.05, 0.1) is 11.5 Å². The Kier molecular flexibility index (Phi) is 15.2. The third-order valence-electron chi connectivity index (χ3n) is 4.98. The van der Waals surface area contributed by atoms with Gasteiger partial charge >= 0.3 is 12.1 Å². The summed E-state index contributed by atoms with van der Waals surface area (Å²) in [4.78, 5) is 45.7. The summed E-state index contributed by atoms with van der Waals surface area (Å²) in [5, 5.41) is 30.8. The summed E-state index contributed by atoms with van der Waals surface area (Å²) in [5.74, 6) is -8.09. The first kappa shape index (κ1) is 38.8. The zero-order valence-corrected chi connectivity index (χ0v) is 23.7. The van der Waals surface area contributed by atoms with Crippen LogP contribution in [-0.2, 0) is 45.8 Å². The number of hydrogen-bond donors (Lipinski definition) is 8. The van der Waals surface area contributed by atoms with E-state index in [1.54, 1.807) is 0 Å². The predicted molar refractivity (Wildman–Crippen MR) is 136 cm³/mol. The van der Waals surface area contributed by atoms with Crippen molar-refractivity contribution in [2.75, 3.05) is 11.5 Å². The molecule has 9 N–H and O–H groups in total. The Bertz CT molecular complexity index is 1310. The van der Waals surface area contributed by atoms with Crippen LogP contribution in [0.3, 0.4) is 0 Å². The fourth-order valence-electron chi connectivity index (χ4n) is 2.80. The van der Waals surface area contributed by atoms with Crippen LogP contribution in [0.1, 0.15) is 18.4 Å². The number of nitrogens with one attached hydrogen (secondary N) is 2. The molecule has 0 spiro atoms. The Morgan fingerprint density at radius 3 is 1.74 bits per heavy atom. The molecule has 0 radical (unpaired) electrons. The number of aliphatic carboxylic acids is 2. The molecule has 0 aliphatic carbocycles. The second-order valence-electron chi connectivity index (χ2n) is 8.47. The zero-order valence-electron chi connectivity index (χ0n) is 21.2. The number of aromatic hydroxyl groups is 1. The van der Waals surface area contributed by atoms with Gasteiger partial charge in [0.15, 0.2) is 0 Å². The first-order valence-electron chi connectivity index (χ1n) is 11.2. The number of benzene rings is 1. The van der Waals surface area contributed by atoms with Crippen molar-refractivity contribution in [2.45, 2.75) is 48.8 Å². The van der Waals surface area contributed by atoms with Gasteiger partial charge in [0, 0.05) is 12.8 Å². The minimum Gasteiger partial charge on any atom is -0.542 e. The Morgan fingerprint density at radius 1 is 0.905 bits per heavy atom. The molecule has 22 heteroatoms. The van der Waals surface area contributed by atoms with E-state index in [1.807, 2.05) is 0 Å². The molecule has 240 valence electrons. The van der Waals surface area contributed by atoms with Crippen LogP contribution in [0.2, 0.25) is 0 Å². The largest absolute Gasteiger partial charge is 0.542 e. The van der Waals surface area contributed by atoms with E-state index in [2.05, 4.69) is 29.0 Å². The lowest BCUT2D eigenvalue weighted by Gasteiger charge is -2.23. The highest BCUT2D eigenvalue weighted by Gasteiger charge is 2.32. The van der Waals surface area contributed by atoms with Gasteiger partial charge < -0.3 is 36.5 Å². The standard InChI is InChI=1S/C18H27N3O11S3.C2HF3O2/c19-12(5-7-34(27,28)29)15(33)17(24)21-14(9-10-1-3-11(22)4-2-10)16(23)20-13(18(25)26)6-8-35(30,31)32;3-2(4,5)1(6)7/h1-4,12-15,22,33H,5-9,19H2,(H,20,23)(H,21,24)(H,25,26)(H,27,28,29)(H,30,31,32);(H,6,7)/t12-,13+,14+,15+;/m1./s1. The second kappa shape index (κ2) is 16.5. The van der Waals surface area contributed by atoms with Gasteiger partial charge in [-0.05, 0) is 24.1 Å². The maximum absolute atomic E-state index is 12.8. The van der Waals surface area contributed by atoms with Gasteiger partial charge in [-0.25, -0.2) is 4.79 Å². The SMILES string of the molecule is O=C([O-])C(F)(F)F.[NH3+][C@H](CCS(=O)(=O)O)[C@H](S)C(=O)N[C@@H](Cc1ccc(O)cc1)C(=O)N[C@@H](CCS(=O)(=O)O)C(=O)O. The molecule has 4 atom stereocenters. The molecule has 0 saturated heterocycles. The maximum atomic E-state index is 12.8. The summed E-state index contributed by atoms with van der Waals surface area (Å²) < 4.78 is 93.0. The number of quaternary nitrogens is 1. The van der Waals surface area contributed by atoms with Crippen molar-refractivity contribution >= 4 is 56.6 Å². The molecule has 16 nitrogen and oxygen atoms in total. The molecule has 0 aromatic heterocycles. The van der Waals surface area contributed by atoms with Crippen LogP contribution in [0.15, 0.2) is 24.3 Å². The van der Waals surface area contributed by atoms with E-state index < -0.39 is 91.5 Å². The van der Waals surface area contributed by atoms with Crippen molar-refractivity contribution in [1.82, 2.24) is 10.6 Å². The summed E-state index contributed by atoms with van der Waals surface area (Å²) in [7, 11) is -8.81. The molecular formula is C20H28F3N3O13S3. The van der Waals surface area contributed by atoms with Crippen molar-refractivity contribution in [3.8, 4) is 5.75 Å². The lowest BCUT2D eigenvalue weighted by Crippen LogP contribution is -2.68. The van der Waals surface area contributed by atoms with Crippen LogP contribution in [0, 0.1) is 0 Å². The van der Waals surface area contributed by atoms with E-state index >= 15 is 0 Å². The molecule has 1 aromatic rings. The van der Waals surface area contributed by atoms with Crippen LogP contribution < -0.4 is 21.5 Å². The number of halogens is 3. The minimum atomic E-state index is -5.19. The number of amides is 2. The van der Waals surface area contributed by atoms with E-state index in [9.17, 15) is 54.6 Å². The maximum Gasteiger partial charge on any atom is 0.430 e. The highest BCUT2D eigenvalue weighted by Crippen LogP contribution is 2.13. The highest BCUT2D eigenvalue weighted by molar-refractivity contribution is 7.86. The number of carboxylic acid groups (broad SMARTS) is 2. The smallest absolute Gasteiger partial charge is 0.430 e. The average Bonchev–Trinajstić information content (AvgIpc) is 2.83. The molecule has 0 aliphatic heterocycles. The molecule has 0 aliphatic rings. The molecule has 1 rings (SSSR count). The molecule has 0 saturated carbocycles. The van der Waals surface area contributed by atoms with Crippen LogP contribution in [0.4, 0.5) is 13.2 Å². The first-order chi connectivity index (χ1) is 18.9. The van der Waals surface area contributed by atoms with E-state index in [4.69, 9.17) is 19.0 Å². The molecular weight excluding hydrogens is 643 g/mol. The third kappa shape index (κ3) is 16.9. The summed E-state index contributed by atoms with van der Waals surface area (Å²) >= 11 is 4.10. The lowest BCUT2D eigenvalue weighted by molar-refractivity contribution is -0.416. The number of rotatable bonds is 14. The van der Waals surface area contributed by atoms with Gasteiger partial charge in [0.25, 0.3) is 20.2 Å². The summed E-state index contributed by atoms with van der Waals surface area (Å²) in [6.07, 6.45) is -6.23. The number of carbonyl (C=O) groups excluding carboxylic acids is 3. The van der Waals surface area contributed by atoms with E-state index in [-0.39, 0.29) is 18.6 Å². The number of phenols is 1. The lowest BCUT2D eigenvalue weighted by atomic mass is 10.0. The van der Waals surface area contributed by atoms with E-state index in [0.29, 0.717) is 5.56 Å². The first-order valence-corrected chi connectivity index (χ1v) is 15.0. The van der Waals surface area contributed by atoms with Crippen LogP contribution in [0.25, 0.3) is 0 Å². The fourth-order valence-corrected chi connectivity index (χ4v) is 4.16. The Hall–Kier alpha value is -3.18. The molecule has 0 heterocycles. The van der Waals surface area contributed by atoms with Gasteiger partial charge in [-0.3, -0.25) is 18.7 Å². The number of thiol groups is 1. The van der Waals surface area contributed by atoms with Gasteiger partial charge in [-0.2, -0.15) is 42.6 Å². The predicted octanol–water partition coefficient (Wildman–Crippen LogP) is -3.25. The number of phenolic OH excluding ortho intramolecular Hbond substituents is 1. The van der Waals surface area contributed by atoms with Gasteiger partial charge in [0.1, 0.15) is 35.1 Å². The molecule has 0 fully saturated rings. The van der Waals surface area contributed by atoms with Crippen LogP contribution in [0.5, 0.6) is 5.75 Å². The minimum absolute atomic E-state index is 0.0656. The number of hydrogen-bond acceptors (Lipinski definition) is 11. The number of carboxylic acids is 2. The average molecular weight is 672 g/mol. The molecule has 1 aromatic carbocycles. The van der Waals surface area contributed by atoms with E-state index in [1.165, 1.54) is 24.3 Å². The third-order valence-corrected chi connectivity index (χ3v) is 7.14. The van der Waals surface area contributed by atoms with Crippen molar-refractivity contribution in [3.05, 3.63) is 29.8 Å². The Balaban J connectivity index is 0.00000212. The van der Waals surface area contributed by atoms with Gasteiger partial charge in [0.2, 0.25) is 11.8 Å². The second-order valence-corrected chi connectivity index (χ2v) is 12.2. The Labute approximate surface area is 242 Å². The van der Waals surface area contributed by atoms with Crippen molar-refractivity contribution in [1.29, 1.82) is 0 Å². The summed E-state index contributed by atoms with van der Waals surface area (Å²) in [6, 6.07) is 1.56. The highest BCUT2D eigenvalue weighted by atomic mass is 32.2. The van der Waals surface area contributed by atoms with E-state index in [0.717, 1.165) is 0 Å².